The molecule has 3 aromatic rings. The Bertz CT molecular complexity index is 1170. The van der Waals surface area contributed by atoms with E-state index in [4.69, 9.17) is 0 Å². The molecule has 0 amide bonds. The maximum absolute atomic E-state index is 12.4. The van der Waals surface area contributed by atoms with E-state index < -0.39 is 17.1 Å². The Morgan fingerprint density at radius 3 is 2.73 bits per heavy atom. The Labute approximate surface area is 180 Å². The second kappa shape index (κ2) is 8.66. The fourth-order valence-electron chi connectivity index (χ4n) is 3.58. The molecule has 0 spiro atoms. The molecule has 8 nitrogen and oxygen atoms in total. The Morgan fingerprint density at radius 1 is 1.20 bits per heavy atom. The van der Waals surface area contributed by atoms with Crippen LogP contribution < -0.4 is 11.2 Å². The van der Waals surface area contributed by atoms with E-state index in [0.29, 0.717) is 5.69 Å². The van der Waals surface area contributed by atoms with Gasteiger partial charge in [0.2, 0.25) is 5.88 Å². The molecule has 0 bridgehead atoms. The second-order valence-electron chi connectivity index (χ2n) is 7.01. The molecular formula is C21H20BrN5O3. The molecule has 1 fully saturated rings. The van der Waals surface area contributed by atoms with Gasteiger partial charge in [-0.2, -0.15) is 5.10 Å². The molecule has 2 aromatic heterocycles. The van der Waals surface area contributed by atoms with Crippen molar-refractivity contribution in [3.63, 3.8) is 0 Å². The summed E-state index contributed by atoms with van der Waals surface area (Å²) in [7, 11) is 0. The van der Waals surface area contributed by atoms with Gasteiger partial charge >= 0.3 is 5.69 Å². The lowest BCUT2D eigenvalue weighted by atomic mass is 9.98. The first kappa shape index (κ1) is 20.1. The molecule has 0 aliphatic carbocycles. The molecule has 4 rings (SSSR count). The topological polar surface area (TPSA) is 104 Å². The number of H-pyrrole nitrogens is 1. The van der Waals surface area contributed by atoms with Crippen LogP contribution in [0.15, 0.2) is 68.0 Å². The molecule has 154 valence electrons. The van der Waals surface area contributed by atoms with Gasteiger partial charge in [0, 0.05) is 23.4 Å². The molecule has 0 saturated carbocycles. The Morgan fingerprint density at radius 2 is 2.00 bits per heavy atom. The molecule has 1 aliphatic rings. The molecule has 9 heteroatoms. The van der Waals surface area contributed by atoms with Gasteiger partial charge in [-0.15, -0.1) is 0 Å². The highest BCUT2D eigenvalue weighted by Gasteiger charge is 2.23. The smallest absolute Gasteiger partial charge is 0.335 e. The average Bonchev–Trinajstić information content (AvgIpc) is 2.75. The summed E-state index contributed by atoms with van der Waals surface area (Å²) in [5.41, 5.74) is -0.00844. The summed E-state index contributed by atoms with van der Waals surface area (Å²) < 4.78 is 1.88. The van der Waals surface area contributed by atoms with Crippen LogP contribution >= 0.6 is 15.9 Å². The predicted octanol–water partition coefficient (Wildman–Crippen LogP) is 2.95. The molecule has 1 saturated heterocycles. The van der Waals surface area contributed by atoms with Crippen LogP contribution in [0.4, 0.5) is 0 Å². The van der Waals surface area contributed by atoms with Crippen molar-refractivity contribution in [3.8, 4) is 11.6 Å². The summed E-state index contributed by atoms with van der Waals surface area (Å²) in [4.78, 5) is 31.1. The van der Waals surface area contributed by atoms with E-state index in [-0.39, 0.29) is 11.6 Å². The number of aromatic hydroxyl groups is 1. The average molecular weight is 470 g/mol. The van der Waals surface area contributed by atoms with Crippen LogP contribution in [0.25, 0.3) is 5.69 Å². The van der Waals surface area contributed by atoms with Crippen molar-refractivity contribution in [3.05, 3.63) is 85.2 Å². The van der Waals surface area contributed by atoms with Gasteiger partial charge in [-0.25, -0.2) is 9.36 Å². The van der Waals surface area contributed by atoms with E-state index in [0.717, 1.165) is 40.4 Å². The van der Waals surface area contributed by atoms with Crippen molar-refractivity contribution in [1.29, 1.82) is 0 Å². The maximum atomic E-state index is 12.4. The van der Waals surface area contributed by atoms with Crippen LogP contribution in [-0.2, 0) is 0 Å². The van der Waals surface area contributed by atoms with Crippen molar-refractivity contribution in [2.45, 2.75) is 25.3 Å². The van der Waals surface area contributed by atoms with Gasteiger partial charge in [0.15, 0.2) is 0 Å². The van der Waals surface area contributed by atoms with Crippen molar-refractivity contribution in [2.24, 2.45) is 5.10 Å². The molecule has 0 radical (unpaired) electrons. The summed E-state index contributed by atoms with van der Waals surface area (Å²) in [6, 6.07) is 10.7. The number of benzene rings is 1. The number of nitrogens with one attached hydrogen (secondary N) is 1. The normalized spacial score (nSPS) is 16.8. The van der Waals surface area contributed by atoms with Crippen LogP contribution in [0.5, 0.6) is 5.88 Å². The van der Waals surface area contributed by atoms with Gasteiger partial charge in [-0.3, -0.25) is 19.8 Å². The lowest BCUT2D eigenvalue weighted by Crippen LogP contribution is -2.32. The first-order valence-electron chi connectivity index (χ1n) is 9.59. The van der Waals surface area contributed by atoms with E-state index in [9.17, 15) is 14.7 Å². The van der Waals surface area contributed by atoms with E-state index in [1.165, 1.54) is 6.21 Å². The highest BCUT2D eigenvalue weighted by atomic mass is 79.9. The lowest BCUT2D eigenvalue weighted by molar-refractivity contribution is 0.156. The van der Waals surface area contributed by atoms with Crippen LogP contribution in [-0.4, -0.2) is 37.4 Å². The standard InChI is InChI=1S/C21H20BrN5O3/c22-15-6-8-16(9-7-15)27-20(29)17(19(28)25-21(27)30)13-24-26-11-2-1-5-18(26)14-4-3-10-23-12-14/h3-4,6-10,12-13,18,29H,1-2,5,11H2,(H,25,28,30)/b24-13+/t18-/m1/s1. The number of hydrazone groups is 1. The minimum Gasteiger partial charge on any atom is -0.493 e. The first-order valence-corrected chi connectivity index (χ1v) is 10.4. The summed E-state index contributed by atoms with van der Waals surface area (Å²) in [6.45, 7) is 0.723. The van der Waals surface area contributed by atoms with Gasteiger partial charge < -0.3 is 5.11 Å². The van der Waals surface area contributed by atoms with Crippen LogP contribution in [0.2, 0.25) is 0 Å². The van der Waals surface area contributed by atoms with Crippen LogP contribution in [0, 0.1) is 0 Å². The number of aromatic nitrogens is 3. The van der Waals surface area contributed by atoms with Gasteiger partial charge in [-0.05, 0) is 55.2 Å². The number of hydrogen-bond acceptors (Lipinski definition) is 6. The summed E-state index contributed by atoms with van der Waals surface area (Å²) in [6.07, 6.45) is 7.83. The SMILES string of the molecule is O=c1[nH]c(=O)n(-c2ccc(Br)cc2)c(O)c1/C=N/N1CCCC[C@@H]1c1cccnc1. The highest BCUT2D eigenvalue weighted by Crippen LogP contribution is 2.30. The molecule has 1 aromatic carbocycles. The number of halogens is 1. The van der Waals surface area contributed by atoms with E-state index in [1.807, 2.05) is 23.3 Å². The minimum atomic E-state index is -0.719. The molecule has 30 heavy (non-hydrogen) atoms. The molecular weight excluding hydrogens is 450 g/mol. The number of nitrogens with zero attached hydrogens (tertiary/aromatic N) is 4. The number of piperidine rings is 1. The minimum absolute atomic E-state index is 0.0438. The number of aromatic amines is 1. The first-order chi connectivity index (χ1) is 14.5. The van der Waals surface area contributed by atoms with Crippen LogP contribution in [0.1, 0.15) is 36.4 Å². The number of hydrogen-bond donors (Lipinski definition) is 2. The second-order valence-corrected chi connectivity index (χ2v) is 7.93. The third-order valence-electron chi connectivity index (χ3n) is 5.08. The predicted molar refractivity (Wildman–Crippen MR) is 117 cm³/mol. The zero-order chi connectivity index (χ0) is 21.1. The molecule has 1 atom stereocenters. The molecule has 2 N–H and O–H groups in total. The van der Waals surface area contributed by atoms with Crippen molar-refractivity contribution >= 4 is 22.1 Å². The van der Waals surface area contributed by atoms with Gasteiger partial charge in [-0.1, -0.05) is 22.0 Å². The lowest BCUT2D eigenvalue weighted by Gasteiger charge is -2.33. The van der Waals surface area contributed by atoms with E-state index >= 15 is 0 Å². The van der Waals surface area contributed by atoms with E-state index in [1.54, 1.807) is 30.5 Å². The number of pyridine rings is 1. The van der Waals surface area contributed by atoms with Crippen molar-refractivity contribution in [2.75, 3.05) is 6.54 Å². The van der Waals surface area contributed by atoms with Crippen molar-refractivity contribution < 1.29 is 5.11 Å². The fourth-order valence-corrected chi connectivity index (χ4v) is 3.85. The monoisotopic (exact) mass is 469 g/mol. The Balaban J connectivity index is 1.71. The van der Waals surface area contributed by atoms with E-state index in [2.05, 4.69) is 31.0 Å². The quantitative estimate of drug-likeness (QED) is 0.571. The van der Waals surface area contributed by atoms with Gasteiger partial charge in [0.1, 0.15) is 5.56 Å². The molecule has 0 unspecified atom stereocenters. The largest absolute Gasteiger partial charge is 0.493 e. The van der Waals surface area contributed by atoms with Crippen molar-refractivity contribution in [1.82, 2.24) is 19.5 Å². The summed E-state index contributed by atoms with van der Waals surface area (Å²) >= 11 is 3.34. The molecule has 1 aliphatic heterocycles. The maximum Gasteiger partial charge on any atom is 0.335 e. The zero-order valence-electron chi connectivity index (χ0n) is 16.0. The summed E-state index contributed by atoms with van der Waals surface area (Å²) in [5.74, 6) is -0.454. The molecule has 3 heterocycles. The van der Waals surface area contributed by atoms with Crippen LogP contribution in [0.3, 0.4) is 0 Å². The zero-order valence-corrected chi connectivity index (χ0v) is 17.6. The Kier molecular flexibility index (Phi) is 5.80. The summed E-state index contributed by atoms with van der Waals surface area (Å²) in [5, 5.41) is 17.1. The fraction of sp³-hybridized carbons (Fsp3) is 0.238. The van der Waals surface area contributed by atoms with Gasteiger partial charge in [0.05, 0.1) is 17.9 Å². The third kappa shape index (κ3) is 4.06. The third-order valence-corrected chi connectivity index (χ3v) is 5.61. The van der Waals surface area contributed by atoms with Gasteiger partial charge in [0.25, 0.3) is 5.56 Å². The Hall–Kier alpha value is -3.20. The number of rotatable bonds is 4. The highest BCUT2D eigenvalue weighted by molar-refractivity contribution is 9.10.